The van der Waals surface area contributed by atoms with Crippen molar-refractivity contribution in [1.82, 2.24) is 10.2 Å². The number of carbonyl (C=O) groups is 1. The SMILES string of the molecule is CC(C)(C)c1ccc(NC(=O)CSc2nnc(NCc3ccccc3)s2)cc1. The van der Waals surface area contributed by atoms with Crippen molar-refractivity contribution in [3.63, 3.8) is 0 Å². The van der Waals surface area contributed by atoms with Gasteiger partial charge in [0.2, 0.25) is 11.0 Å². The van der Waals surface area contributed by atoms with Gasteiger partial charge in [-0.1, -0.05) is 86.3 Å². The van der Waals surface area contributed by atoms with Crippen molar-refractivity contribution in [2.75, 3.05) is 16.4 Å². The highest BCUT2D eigenvalue weighted by Crippen LogP contribution is 2.26. The highest BCUT2D eigenvalue weighted by Gasteiger charge is 2.13. The van der Waals surface area contributed by atoms with Crippen LogP contribution in [0.4, 0.5) is 10.8 Å². The van der Waals surface area contributed by atoms with E-state index in [2.05, 4.69) is 65.9 Å². The van der Waals surface area contributed by atoms with Crippen molar-refractivity contribution in [3.05, 3.63) is 65.7 Å². The first kappa shape index (κ1) is 20.4. The Labute approximate surface area is 174 Å². The van der Waals surface area contributed by atoms with Crippen LogP contribution in [-0.4, -0.2) is 21.9 Å². The van der Waals surface area contributed by atoms with E-state index in [9.17, 15) is 4.79 Å². The molecule has 28 heavy (non-hydrogen) atoms. The lowest BCUT2D eigenvalue weighted by Crippen LogP contribution is -2.15. The predicted octanol–water partition coefficient (Wildman–Crippen LogP) is 5.18. The number of thioether (sulfide) groups is 1. The second-order valence-electron chi connectivity index (χ2n) is 7.38. The molecule has 2 N–H and O–H groups in total. The number of hydrogen-bond acceptors (Lipinski definition) is 6. The third kappa shape index (κ3) is 6.07. The minimum absolute atomic E-state index is 0.0532. The quantitative estimate of drug-likeness (QED) is 0.524. The molecule has 5 nitrogen and oxygen atoms in total. The van der Waals surface area contributed by atoms with Gasteiger partial charge in [-0.05, 0) is 28.7 Å². The summed E-state index contributed by atoms with van der Waals surface area (Å²) in [6, 6.07) is 18.1. The molecule has 0 fully saturated rings. The molecule has 1 aromatic heterocycles. The molecule has 0 aliphatic heterocycles. The summed E-state index contributed by atoms with van der Waals surface area (Å²) in [7, 11) is 0. The molecule has 0 bridgehead atoms. The third-order valence-electron chi connectivity index (χ3n) is 4.05. The van der Waals surface area contributed by atoms with Gasteiger partial charge in [-0.3, -0.25) is 4.79 Å². The van der Waals surface area contributed by atoms with Gasteiger partial charge in [0.25, 0.3) is 0 Å². The number of nitrogens with zero attached hydrogens (tertiary/aromatic N) is 2. The van der Waals surface area contributed by atoms with Gasteiger partial charge in [-0.25, -0.2) is 0 Å². The smallest absolute Gasteiger partial charge is 0.234 e. The van der Waals surface area contributed by atoms with E-state index in [0.717, 1.165) is 15.2 Å². The van der Waals surface area contributed by atoms with E-state index in [1.807, 2.05) is 30.3 Å². The maximum atomic E-state index is 12.2. The average molecular weight is 413 g/mol. The monoisotopic (exact) mass is 412 g/mol. The van der Waals surface area contributed by atoms with Gasteiger partial charge < -0.3 is 10.6 Å². The van der Waals surface area contributed by atoms with Crippen molar-refractivity contribution in [2.45, 2.75) is 37.1 Å². The molecule has 1 heterocycles. The Balaban J connectivity index is 1.45. The minimum atomic E-state index is -0.0532. The Bertz CT molecular complexity index is 902. The minimum Gasteiger partial charge on any atom is -0.356 e. The van der Waals surface area contributed by atoms with Crippen LogP contribution < -0.4 is 10.6 Å². The van der Waals surface area contributed by atoms with E-state index >= 15 is 0 Å². The molecule has 0 radical (unpaired) electrons. The van der Waals surface area contributed by atoms with Gasteiger partial charge in [0.15, 0.2) is 4.34 Å². The summed E-state index contributed by atoms with van der Waals surface area (Å²) in [4.78, 5) is 12.2. The second kappa shape index (κ2) is 9.21. The number of carbonyl (C=O) groups excluding carboxylic acids is 1. The molecule has 3 rings (SSSR count). The first-order valence-corrected chi connectivity index (χ1v) is 10.8. The van der Waals surface area contributed by atoms with Crippen molar-refractivity contribution < 1.29 is 4.79 Å². The molecule has 146 valence electrons. The van der Waals surface area contributed by atoms with Crippen LogP contribution in [0.15, 0.2) is 58.9 Å². The van der Waals surface area contributed by atoms with Crippen LogP contribution in [0.3, 0.4) is 0 Å². The topological polar surface area (TPSA) is 66.9 Å². The summed E-state index contributed by atoms with van der Waals surface area (Å²) in [6.07, 6.45) is 0. The van der Waals surface area contributed by atoms with Gasteiger partial charge in [0.1, 0.15) is 0 Å². The second-order valence-corrected chi connectivity index (χ2v) is 9.58. The summed E-state index contributed by atoms with van der Waals surface area (Å²) in [5.41, 5.74) is 3.33. The van der Waals surface area contributed by atoms with Crippen molar-refractivity contribution in [3.8, 4) is 0 Å². The molecule has 0 aliphatic rings. The average Bonchev–Trinajstić information content (AvgIpc) is 3.13. The summed E-state index contributed by atoms with van der Waals surface area (Å²) < 4.78 is 0.772. The van der Waals surface area contributed by atoms with Gasteiger partial charge in [0, 0.05) is 12.2 Å². The zero-order chi connectivity index (χ0) is 20.0. The molecule has 0 aliphatic carbocycles. The van der Waals surface area contributed by atoms with E-state index in [-0.39, 0.29) is 11.3 Å². The Morgan fingerprint density at radius 3 is 2.43 bits per heavy atom. The largest absolute Gasteiger partial charge is 0.356 e. The Morgan fingerprint density at radius 2 is 1.75 bits per heavy atom. The molecular formula is C21H24N4OS2. The highest BCUT2D eigenvalue weighted by molar-refractivity contribution is 8.01. The van der Waals surface area contributed by atoms with E-state index < -0.39 is 0 Å². The standard InChI is InChI=1S/C21H24N4OS2/c1-21(2,3)16-9-11-17(12-10-16)23-18(26)14-27-20-25-24-19(28-20)22-13-15-7-5-4-6-8-15/h4-12H,13-14H2,1-3H3,(H,22,24)(H,23,26). The number of aromatic nitrogens is 2. The molecule has 0 saturated carbocycles. The Hall–Kier alpha value is -2.38. The van der Waals surface area contributed by atoms with Crippen LogP contribution in [0, 0.1) is 0 Å². The summed E-state index contributed by atoms with van der Waals surface area (Å²) >= 11 is 2.85. The fourth-order valence-corrected chi connectivity index (χ4v) is 4.04. The van der Waals surface area contributed by atoms with Crippen LogP contribution in [0.5, 0.6) is 0 Å². The highest BCUT2D eigenvalue weighted by atomic mass is 32.2. The summed E-state index contributed by atoms with van der Waals surface area (Å²) in [5, 5.41) is 15.2. The lowest BCUT2D eigenvalue weighted by molar-refractivity contribution is -0.113. The maximum Gasteiger partial charge on any atom is 0.234 e. The van der Waals surface area contributed by atoms with Gasteiger partial charge >= 0.3 is 0 Å². The van der Waals surface area contributed by atoms with E-state index in [1.165, 1.54) is 34.2 Å². The van der Waals surface area contributed by atoms with Crippen LogP contribution in [-0.2, 0) is 16.8 Å². The first-order chi connectivity index (χ1) is 13.4. The van der Waals surface area contributed by atoms with Crippen molar-refractivity contribution >= 4 is 39.8 Å². The summed E-state index contributed by atoms with van der Waals surface area (Å²) in [6.45, 7) is 7.21. The fourth-order valence-electron chi connectivity index (χ4n) is 2.49. The van der Waals surface area contributed by atoms with E-state index in [4.69, 9.17) is 0 Å². The van der Waals surface area contributed by atoms with Gasteiger partial charge in [0.05, 0.1) is 5.75 Å². The molecule has 0 saturated heterocycles. The molecular weight excluding hydrogens is 388 g/mol. The molecule has 0 spiro atoms. The normalized spacial score (nSPS) is 11.2. The predicted molar refractivity (Wildman–Crippen MR) is 118 cm³/mol. The number of hydrogen-bond donors (Lipinski definition) is 2. The summed E-state index contributed by atoms with van der Waals surface area (Å²) in [5.74, 6) is 0.247. The van der Waals surface area contributed by atoms with Gasteiger partial charge in [-0.15, -0.1) is 10.2 Å². The molecule has 7 heteroatoms. The number of nitrogens with one attached hydrogen (secondary N) is 2. The zero-order valence-corrected chi connectivity index (χ0v) is 17.9. The lowest BCUT2D eigenvalue weighted by atomic mass is 9.87. The Kier molecular flexibility index (Phi) is 6.70. The maximum absolute atomic E-state index is 12.2. The van der Waals surface area contributed by atoms with Crippen LogP contribution in [0.25, 0.3) is 0 Å². The van der Waals surface area contributed by atoms with Gasteiger partial charge in [-0.2, -0.15) is 0 Å². The van der Waals surface area contributed by atoms with Crippen molar-refractivity contribution in [2.24, 2.45) is 0 Å². The zero-order valence-electron chi connectivity index (χ0n) is 16.2. The number of rotatable bonds is 7. The van der Waals surface area contributed by atoms with Crippen LogP contribution >= 0.6 is 23.1 Å². The lowest BCUT2D eigenvalue weighted by Gasteiger charge is -2.19. The van der Waals surface area contributed by atoms with Crippen LogP contribution in [0.1, 0.15) is 31.9 Å². The van der Waals surface area contributed by atoms with Crippen LogP contribution in [0.2, 0.25) is 0 Å². The van der Waals surface area contributed by atoms with Crippen molar-refractivity contribution in [1.29, 1.82) is 0 Å². The Morgan fingerprint density at radius 1 is 1.04 bits per heavy atom. The molecule has 0 atom stereocenters. The number of benzene rings is 2. The molecule has 1 amide bonds. The fraction of sp³-hybridized carbons (Fsp3) is 0.286. The molecule has 2 aromatic carbocycles. The molecule has 0 unspecified atom stereocenters. The third-order valence-corrected chi connectivity index (χ3v) is 6.07. The molecule has 3 aromatic rings. The van der Waals surface area contributed by atoms with E-state index in [0.29, 0.717) is 12.3 Å². The number of amides is 1. The number of anilines is 2. The first-order valence-electron chi connectivity index (χ1n) is 9.05. The van der Waals surface area contributed by atoms with E-state index in [1.54, 1.807) is 0 Å².